The summed E-state index contributed by atoms with van der Waals surface area (Å²) in [4.78, 5) is 34.7. The van der Waals surface area contributed by atoms with Gasteiger partial charge in [-0.1, -0.05) is 26.0 Å². The third kappa shape index (κ3) is 2.69. The van der Waals surface area contributed by atoms with Crippen LogP contribution in [0.4, 0.5) is 5.69 Å². The van der Waals surface area contributed by atoms with E-state index in [-0.39, 0.29) is 18.2 Å². The quantitative estimate of drug-likeness (QED) is 0.664. The first-order valence-corrected chi connectivity index (χ1v) is 11.4. The summed E-state index contributed by atoms with van der Waals surface area (Å²) in [5.74, 6) is 0.358. The van der Waals surface area contributed by atoms with Gasteiger partial charge >= 0.3 is 0 Å². The lowest BCUT2D eigenvalue weighted by molar-refractivity contribution is -0.149. The Morgan fingerprint density at radius 2 is 1.94 bits per heavy atom. The van der Waals surface area contributed by atoms with Gasteiger partial charge in [0.2, 0.25) is 5.91 Å². The summed E-state index contributed by atoms with van der Waals surface area (Å²) in [6, 6.07) is 2.91. The van der Waals surface area contributed by atoms with E-state index in [1.807, 2.05) is 64.1 Å². The zero-order chi connectivity index (χ0) is 23.3. The molecule has 5 heterocycles. The predicted octanol–water partition coefficient (Wildman–Crippen LogP) is 3.42. The summed E-state index contributed by atoms with van der Waals surface area (Å²) in [6.07, 6.45) is 10.1. The molecule has 170 valence electrons. The molecule has 0 spiro atoms. The number of piperazine rings is 1. The monoisotopic (exact) mass is 445 g/mol. The fraction of sp³-hybridized carbons (Fsp3) is 0.423. The van der Waals surface area contributed by atoms with Crippen molar-refractivity contribution in [2.45, 2.75) is 57.8 Å². The Labute approximate surface area is 192 Å². The average Bonchev–Trinajstić information content (AvgIpc) is 3.34. The summed E-state index contributed by atoms with van der Waals surface area (Å²) in [7, 11) is 0. The molecule has 33 heavy (non-hydrogen) atoms. The van der Waals surface area contributed by atoms with Gasteiger partial charge in [-0.2, -0.15) is 0 Å². The number of nitrogens with zero attached hydrogens (tertiary/aromatic N) is 3. The second kappa shape index (κ2) is 6.23. The van der Waals surface area contributed by atoms with E-state index in [9.17, 15) is 14.7 Å². The van der Waals surface area contributed by atoms with Crippen molar-refractivity contribution < 1.29 is 19.4 Å². The molecule has 7 heteroatoms. The molecule has 5 aliphatic rings. The number of carbonyl (C=O) groups excluding carboxylic acids is 2. The number of carbonyl (C=O) groups is 2. The Bertz CT molecular complexity index is 1250. The summed E-state index contributed by atoms with van der Waals surface area (Å²) >= 11 is 0. The third-order valence-electron chi connectivity index (χ3n) is 7.33. The van der Waals surface area contributed by atoms with Gasteiger partial charge in [0, 0.05) is 35.7 Å². The van der Waals surface area contributed by atoms with Crippen LogP contribution in [-0.2, 0) is 15.2 Å². The minimum atomic E-state index is -1.49. The number of aliphatic hydroxyl groups is 1. The van der Waals surface area contributed by atoms with Gasteiger partial charge in [-0.25, -0.2) is 0 Å². The topological polar surface area (TPSA) is 82.4 Å². The molecule has 0 radical (unpaired) electrons. The van der Waals surface area contributed by atoms with E-state index in [4.69, 9.17) is 9.73 Å². The molecular weight excluding hydrogens is 418 g/mol. The van der Waals surface area contributed by atoms with Gasteiger partial charge < -0.3 is 19.6 Å². The van der Waals surface area contributed by atoms with E-state index in [1.165, 1.54) is 4.90 Å². The Morgan fingerprint density at radius 1 is 1.15 bits per heavy atom. The summed E-state index contributed by atoms with van der Waals surface area (Å²) in [6.45, 7) is 8.42. The molecule has 1 aromatic carbocycles. The molecule has 0 aromatic heterocycles. The minimum absolute atomic E-state index is 0.0514. The average molecular weight is 446 g/mol. The third-order valence-corrected chi connectivity index (χ3v) is 7.33. The lowest BCUT2D eigenvalue weighted by Gasteiger charge is -2.44. The predicted molar refractivity (Wildman–Crippen MR) is 124 cm³/mol. The van der Waals surface area contributed by atoms with E-state index in [0.29, 0.717) is 41.4 Å². The van der Waals surface area contributed by atoms with Gasteiger partial charge in [-0.05, 0) is 44.6 Å². The van der Waals surface area contributed by atoms with Crippen LogP contribution < -0.4 is 4.74 Å². The molecule has 2 atom stereocenters. The number of amides is 2. The fourth-order valence-electron chi connectivity index (χ4n) is 5.66. The number of rotatable bonds is 0. The highest BCUT2D eigenvalue weighted by Gasteiger charge is 2.55. The Morgan fingerprint density at radius 3 is 2.73 bits per heavy atom. The zero-order valence-corrected chi connectivity index (χ0v) is 19.3. The van der Waals surface area contributed by atoms with Crippen molar-refractivity contribution in [2.24, 2.45) is 10.4 Å². The number of fused-ring (bicyclic) bond motifs is 7. The second-order valence-electron chi connectivity index (χ2n) is 10.6. The number of aliphatic imine (C=N–C) groups is 1. The van der Waals surface area contributed by atoms with E-state index < -0.39 is 22.7 Å². The number of benzene rings is 1. The molecule has 0 bridgehead atoms. The summed E-state index contributed by atoms with van der Waals surface area (Å²) in [5, 5.41) is 12.2. The van der Waals surface area contributed by atoms with Crippen molar-refractivity contribution in [1.29, 1.82) is 0 Å². The molecule has 2 amide bonds. The van der Waals surface area contributed by atoms with E-state index in [0.717, 1.165) is 5.56 Å². The van der Waals surface area contributed by atoms with Gasteiger partial charge in [-0.15, -0.1) is 0 Å². The van der Waals surface area contributed by atoms with Crippen LogP contribution in [0.2, 0.25) is 0 Å². The summed E-state index contributed by atoms with van der Waals surface area (Å²) < 4.78 is 6.12. The molecule has 0 saturated carbocycles. The molecule has 1 saturated heterocycles. The maximum Gasteiger partial charge on any atom is 0.274 e. The van der Waals surface area contributed by atoms with Crippen molar-refractivity contribution in [2.75, 3.05) is 6.54 Å². The van der Waals surface area contributed by atoms with Crippen molar-refractivity contribution in [3.63, 3.8) is 0 Å². The molecule has 1 fully saturated rings. The normalized spacial score (nSPS) is 30.3. The molecule has 6 rings (SSSR count). The fourth-order valence-corrected chi connectivity index (χ4v) is 5.66. The standard InChI is InChI=1S/C26H27N3O4/c1-24(2)11-13-29-18(22(31)28-12-5-6-17(28)21(29)30)14-26(32)16-7-8-19-15(20(16)27-23(24)26)9-10-25(3,4)33-19/h6-11,13,18,32H,5,12,14H2,1-4H3/t18-,26-/m0/s1. The van der Waals surface area contributed by atoms with Crippen LogP contribution >= 0.6 is 0 Å². The molecule has 5 aliphatic heterocycles. The SMILES string of the molecule is CC1(C)C=Cc2c(ccc3c2N=C2C(C)(C)C=CN4C(=O)C5=CCCN5C(=O)[C@@H]4C[C@@]23O)O1. The number of ether oxygens (including phenoxy) is 1. The van der Waals surface area contributed by atoms with Crippen molar-refractivity contribution in [1.82, 2.24) is 9.80 Å². The van der Waals surface area contributed by atoms with Gasteiger partial charge in [0.1, 0.15) is 28.7 Å². The van der Waals surface area contributed by atoms with E-state index >= 15 is 0 Å². The maximum absolute atomic E-state index is 13.4. The van der Waals surface area contributed by atoms with Gasteiger partial charge in [0.25, 0.3) is 5.91 Å². The minimum Gasteiger partial charge on any atom is -0.483 e. The smallest absolute Gasteiger partial charge is 0.274 e. The maximum atomic E-state index is 13.4. The van der Waals surface area contributed by atoms with Gasteiger partial charge in [0.05, 0.1) is 11.4 Å². The van der Waals surface area contributed by atoms with Crippen molar-refractivity contribution in [3.8, 4) is 5.75 Å². The highest BCUT2D eigenvalue weighted by Crippen LogP contribution is 2.53. The molecule has 1 N–H and O–H groups in total. The molecular formula is C26H27N3O4. The van der Waals surface area contributed by atoms with Gasteiger partial charge in [0.15, 0.2) is 0 Å². The van der Waals surface area contributed by atoms with E-state index in [2.05, 4.69) is 0 Å². The molecule has 1 aromatic rings. The summed E-state index contributed by atoms with van der Waals surface area (Å²) in [5.41, 5.74) is 0.602. The molecule has 0 unspecified atom stereocenters. The van der Waals surface area contributed by atoms with Crippen molar-refractivity contribution in [3.05, 3.63) is 53.4 Å². The number of allylic oxidation sites excluding steroid dienone is 1. The first-order chi connectivity index (χ1) is 15.5. The number of hydrogen-bond donors (Lipinski definition) is 1. The first-order valence-electron chi connectivity index (χ1n) is 11.4. The van der Waals surface area contributed by atoms with E-state index in [1.54, 1.807) is 11.1 Å². The van der Waals surface area contributed by atoms with Crippen LogP contribution in [0.15, 0.2) is 47.3 Å². The van der Waals surface area contributed by atoms with Crippen LogP contribution in [0.5, 0.6) is 5.75 Å². The lowest BCUT2D eigenvalue weighted by Crippen LogP contribution is -2.59. The van der Waals surface area contributed by atoms with Crippen LogP contribution in [-0.4, -0.2) is 50.6 Å². The largest absolute Gasteiger partial charge is 0.483 e. The number of hydrogen-bond acceptors (Lipinski definition) is 5. The Kier molecular flexibility index (Phi) is 3.85. The highest BCUT2D eigenvalue weighted by atomic mass is 16.5. The van der Waals surface area contributed by atoms with Crippen LogP contribution in [0.3, 0.4) is 0 Å². The van der Waals surface area contributed by atoms with Crippen molar-refractivity contribution >= 4 is 29.3 Å². The highest BCUT2D eigenvalue weighted by molar-refractivity contribution is 6.09. The molecule has 7 nitrogen and oxygen atoms in total. The van der Waals surface area contributed by atoms with Crippen LogP contribution in [0, 0.1) is 5.41 Å². The van der Waals surface area contributed by atoms with Crippen LogP contribution in [0.25, 0.3) is 6.08 Å². The Hall–Kier alpha value is -3.19. The first kappa shape index (κ1) is 20.4. The lowest BCUT2D eigenvalue weighted by atomic mass is 9.71. The van der Waals surface area contributed by atoms with Crippen LogP contribution in [0.1, 0.15) is 51.7 Å². The zero-order valence-electron chi connectivity index (χ0n) is 19.3. The second-order valence-corrected chi connectivity index (χ2v) is 10.6. The van der Waals surface area contributed by atoms with Gasteiger partial charge in [-0.3, -0.25) is 14.6 Å². The Balaban J connectivity index is 1.52. The molecule has 0 aliphatic carbocycles.